The lowest BCUT2D eigenvalue weighted by Gasteiger charge is -2.36. The molecule has 2 atom stereocenters. The van der Waals surface area contributed by atoms with Crippen LogP contribution in [0.1, 0.15) is 49.1 Å². The number of nitrogens with two attached hydrogens (primary N) is 1. The number of amides is 2. The summed E-state index contributed by atoms with van der Waals surface area (Å²) in [6, 6.07) is 19.1. The molecule has 9 nitrogen and oxygen atoms in total. The first-order valence-electron chi connectivity index (χ1n) is 12.2. The van der Waals surface area contributed by atoms with Crippen molar-refractivity contribution in [2.24, 2.45) is 5.73 Å². The van der Waals surface area contributed by atoms with Crippen LogP contribution < -0.4 is 16.4 Å². The van der Waals surface area contributed by atoms with Crippen molar-refractivity contribution in [3.8, 4) is 0 Å². The van der Waals surface area contributed by atoms with Gasteiger partial charge in [0, 0.05) is 20.0 Å². The molecule has 2 unspecified atom stereocenters. The van der Waals surface area contributed by atoms with Crippen LogP contribution >= 0.6 is 0 Å². The molecule has 0 saturated carbocycles. The number of hydrogen-bond acceptors (Lipinski definition) is 6. The summed E-state index contributed by atoms with van der Waals surface area (Å²) in [6.45, 7) is 4.43. The van der Waals surface area contributed by atoms with Crippen molar-refractivity contribution < 1.29 is 14.3 Å². The third-order valence-electron chi connectivity index (χ3n) is 6.66. The Balaban J connectivity index is 1.60. The lowest BCUT2D eigenvalue weighted by atomic mass is 9.72. The van der Waals surface area contributed by atoms with Crippen LogP contribution in [0.3, 0.4) is 0 Å². The molecule has 190 valence electrons. The summed E-state index contributed by atoms with van der Waals surface area (Å²) in [5.74, 6) is 0.922. The Labute approximate surface area is 211 Å². The Bertz CT molecular complexity index is 1190. The molecule has 0 fully saturated rings. The summed E-state index contributed by atoms with van der Waals surface area (Å²) in [5.41, 5.74) is 6.22. The topological polar surface area (TPSA) is 124 Å². The predicted octanol–water partition coefficient (Wildman–Crippen LogP) is 2.02. The number of carbonyl (C=O) groups is 2. The summed E-state index contributed by atoms with van der Waals surface area (Å²) < 4.78 is 7.97. The molecule has 0 bridgehead atoms. The van der Waals surface area contributed by atoms with Crippen LogP contribution in [-0.4, -0.2) is 45.8 Å². The normalized spacial score (nSPS) is 18.2. The zero-order chi connectivity index (χ0) is 25.8. The Morgan fingerprint density at radius 2 is 1.78 bits per heavy atom. The second-order valence-corrected chi connectivity index (χ2v) is 9.83. The second kappa shape index (κ2) is 10.6. The number of carbonyl (C=O) groups excluding carboxylic acids is 2. The van der Waals surface area contributed by atoms with E-state index in [4.69, 9.17) is 10.5 Å². The number of rotatable bonds is 9. The van der Waals surface area contributed by atoms with E-state index in [2.05, 4.69) is 20.8 Å². The van der Waals surface area contributed by atoms with Crippen LogP contribution in [0.5, 0.6) is 0 Å². The molecule has 4 rings (SSSR count). The van der Waals surface area contributed by atoms with Crippen LogP contribution in [0, 0.1) is 0 Å². The number of fused-ring (bicyclic) bond motifs is 1. The van der Waals surface area contributed by atoms with Gasteiger partial charge in [-0.05, 0) is 31.4 Å². The van der Waals surface area contributed by atoms with Gasteiger partial charge in [0.05, 0.1) is 24.2 Å². The molecular formula is C27H34N6O3. The van der Waals surface area contributed by atoms with E-state index in [0.717, 1.165) is 11.1 Å². The molecule has 1 aliphatic heterocycles. The molecule has 0 spiro atoms. The molecule has 2 heterocycles. The minimum Gasteiger partial charge on any atom is -0.374 e. The lowest BCUT2D eigenvalue weighted by molar-refractivity contribution is -0.127. The van der Waals surface area contributed by atoms with Crippen LogP contribution in [-0.2, 0) is 39.3 Å². The van der Waals surface area contributed by atoms with Gasteiger partial charge in [-0.25, -0.2) is 0 Å². The van der Waals surface area contributed by atoms with E-state index >= 15 is 0 Å². The minimum absolute atomic E-state index is 0.0505. The van der Waals surface area contributed by atoms with E-state index in [1.165, 1.54) is 0 Å². The maximum atomic E-state index is 13.1. The standard InChI is InChI=1S/C27H34N6O3/c1-26(2,28)24(34)30-21(18-36-17-19-10-6-4-7-11-19)23-32-31-22-16-27(25(35)29-3,14-15-33(22)23)20-12-8-5-9-13-20/h4-13,21H,14-18,28H2,1-3H3,(H,29,35)(H,30,34). The van der Waals surface area contributed by atoms with Gasteiger partial charge in [-0.1, -0.05) is 60.7 Å². The quantitative estimate of drug-likeness (QED) is 0.422. The third kappa shape index (κ3) is 5.32. The molecule has 1 aromatic heterocycles. The summed E-state index contributed by atoms with van der Waals surface area (Å²) in [7, 11) is 1.65. The van der Waals surface area contributed by atoms with Gasteiger partial charge in [0.1, 0.15) is 11.9 Å². The largest absolute Gasteiger partial charge is 0.374 e. The maximum Gasteiger partial charge on any atom is 0.240 e. The van der Waals surface area contributed by atoms with E-state index in [0.29, 0.717) is 37.6 Å². The maximum absolute atomic E-state index is 13.1. The first-order chi connectivity index (χ1) is 17.2. The van der Waals surface area contributed by atoms with Crippen molar-refractivity contribution in [2.75, 3.05) is 13.7 Å². The van der Waals surface area contributed by atoms with Crippen LogP contribution in [0.2, 0.25) is 0 Å². The van der Waals surface area contributed by atoms with E-state index in [1.807, 2.05) is 65.2 Å². The molecule has 0 radical (unpaired) electrons. The van der Waals surface area contributed by atoms with Crippen molar-refractivity contribution in [3.05, 3.63) is 83.4 Å². The highest BCUT2D eigenvalue weighted by Crippen LogP contribution is 2.37. The molecule has 0 aliphatic carbocycles. The van der Waals surface area contributed by atoms with Crippen molar-refractivity contribution >= 4 is 11.8 Å². The number of ether oxygens (including phenoxy) is 1. The second-order valence-electron chi connectivity index (χ2n) is 9.83. The van der Waals surface area contributed by atoms with Gasteiger partial charge in [0.25, 0.3) is 0 Å². The average Bonchev–Trinajstić information content (AvgIpc) is 3.31. The van der Waals surface area contributed by atoms with Crippen molar-refractivity contribution in [2.45, 2.75) is 56.8 Å². The minimum atomic E-state index is -1.07. The zero-order valence-corrected chi connectivity index (χ0v) is 21.0. The van der Waals surface area contributed by atoms with Gasteiger partial charge in [0.2, 0.25) is 11.8 Å². The number of aromatic nitrogens is 3. The number of likely N-dealkylation sites (N-methyl/N-ethyl adjacent to an activating group) is 1. The van der Waals surface area contributed by atoms with Crippen molar-refractivity contribution in [1.29, 1.82) is 0 Å². The van der Waals surface area contributed by atoms with Gasteiger partial charge in [-0.3, -0.25) is 9.59 Å². The fourth-order valence-electron chi connectivity index (χ4n) is 4.60. The zero-order valence-electron chi connectivity index (χ0n) is 21.0. The molecule has 0 saturated heterocycles. The van der Waals surface area contributed by atoms with Crippen LogP contribution in [0.15, 0.2) is 60.7 Å². The fraction of sp³-hybridized carbons (Fsp3) is 0.407. The lowest BCUT2D eigenvalue weighted by Crippen LogP contribution is -2.51. The average molecular weight is 491 g/mol. The summed E-state index contributed by atoms with van der Waals surface area (Å²) in [5, 5.41) is 14.7. The Kier molecular flexibility index (Phi) is 7.51. The smallest absolute Gasteiger partial charge is 0.240 e. The van der Waals surface area contributed by atoms with E-state index in [-0.39, 0.29) is 18.4 Å². The van der Waals surface area contributed by atoms with Gasteiger partial charge in [0.15, 0.2) is 5.82 Å². The molecule has 1 aliphatic rings. The summed E-state index contributed by atoms with van der Waals surface area (Å²) >= 11 is 0. The van der Waals surface area contributed by atoms with Gasteiger partial charge < -0.3 is 25.7 Å². The number of hydrogen-bond donors (Lipinski definition) is 3. The molecule has 2 aromatic carbocycles. The first kappa shape index (κ1) is 25.5. The molecular weight excluding hydrogens is 456 g/mol. The van der Waals surface area contributed by atoms with Crippen molar-refractivity contribution in [1.82, 2.24) is 25.4 Å². The van der Waals surface area contributed by atoms with Gasteiger partial charge in [-0.2, -0.15) is 0 Å². The third-order valence-corrected chi connectivity index (χ3v) is 6.66. The molecule has 9 heteroatoms. The Morgan fingerprint density at radius 3 is 2.42 bits per heavy atom. The summed E-state index contributed by atoms with van der Waals surface area (Å²) in [6.07, 6.45) is 0.972. The predicted molar refractivity (Wildman–Crippen MR) is 136 cm³/mol. The molecule has 3 aromatic rings. The number of nitrogens with zero attached hydrogens (tertiary/aromatic N) is 3. The highest BCUT2D eigenvalue weighted by molar-refractivity contribution is 5.88. The van der Waals surface area contributed by atoms with Crippen LogP contribution in [0.25, 0.3) is 0 Å². The van der Waals surface area contributed by atoms with Gasteiger partial charge in [-0.15, -0.1) is 10.2 Å². The van der Waals surface area contributed by atoms with E-state index in [9.17, 15) is 9.59 Å². The van der Waals surface area contributed by atoms with Crippen LogP contribution in [0.4, 0.5) is 0 Å². The number of benzene rings is 2. The molecule has 36 heavy (non-hydrogen) atoms. The SMILES string of the molecule is CNC(=O)C1(c2ccccc2)CCn2c(nnc2C(COCc2ccccc2)NC(=O)C(C)(C)N)C1. The summed E-state index contributed by atoms with van der Waals surface area (Å²) in [4.78, 5) is 25.9. The first-order valence-corrected chi connectivity index (χ1v) is 12.2. The van der Waals surface area contributed by atoms with Crippen molar-refractivity contribution in [3.63, 3.8) is 0 Å². The number of nitrogens with one attached hydrogen (secondary N) is 2. The monoisotopic (exact) mass is 490 g/mol. The highest BCUT2D eigenvalue weighted by Gasteiger charge is 2.44. The van der Waals surface area contributed by atoms with E-state index in [1.54, 1.807) is 20.9 Å². The Morgan fingerprint density at radius 1 is 1.11 bits per heavy atom. The van der Waals surface area contributed by atoms with Gasteiger partial charge >= 0.3 is 0 Å². The van der Waals surface area contributed by atoms with E-state index < -0.39 is 17.0 Å². The Hall–Kier alpha value is -3.56. The molecule has 2 amide bonds. The fourth-order valence-corrected chi connectivity index (χ4v) is 4.60. The molecule has 4 N–H and O–H groups in total. The highest BCUT2D eigenvalue weighted by atomic mass is 16.5.